The molecule has 1 aromatic rings. The quantitative estimate of drug-likeness (QED) is 0.904. The van der Waals surface area contributed by atoms with Gasteiger partial charge in [0.1, 0.15) is 0 Å². The zero-order valence-corrected chi connectivity index (χ0v) is 11.9. The maximum absolute atomic E-state index is 11.2. The molecule has 0 radical (unpaired) electrons. The third-order valence-corrected chi connectivity index (χ3v) is 3.67. The van der Waals surface area contributed by atoms with Crippen molar-refractivity contribution in [1.82, 2.24) is 9.97 Å². The molecular formula is C14H21N3O2. The summed E-state index contributed by atoms with van der Waals surface area (Å²) in [6.45, 7) is 9.31. The molecule has 1 N–H and O–H groups in total. The monoisotopic (exact) mass is 263 g/mol. The Bertz CT molecular complexity index is 488. The van der Waals surface area contributed by atoms with Crippen molar-refractivity contribution in [2.24, 2.45) is 11.8 Å². The van der Waals surface area contributed by atoms with Crippen LogP contribution in [0.4, 0.5) is 5.95 Å². The molecule has 1 aromatic heterocycles. The second-order valence-corrected chi connectivity index (χ2v) is 5.72. The Labute approximate surface area is 113 Å². The van der Waals surface area contributed by atoms with Crippen LogP contribution in [0.5, 0.6) is 0 Å². The molecule has 5 heteroatoms. The summed E-state index contributed by atoms with van der Waals surface area (Å²) in [6.07, 6.45) is 0. The number of hydrogen-bond acceptors (Lipinski definition) is 4. The summed E-state index contributed by atoms with van der Waals surface area (Å²) in [5.74, 6) is 0.0810. The Morgan fingerprint density at radius 1 is 1.42 bits per heavy atom. The van der Waals surface area contributed by atoms with Crippen molar-refractivity contribution in [2.45, 2.75) is 33.6 Å². The molecule has 0 amide bonds. The van der Waals surface area contributed by atoms with E-state index in [2.05, 4.69) is 23.8 Å². The minimum atomic E-state index is -0.730. The SMILES string of the molecule is Cc1cc(C(C)C)nc(N2CC(C)C(C(=O)O)C2)n1. The van der Waals surface area contributed by atoms with E-state index < -0.39 is 5.97 Å². The molecule has 1 aliphatic rings. The molecular weight excluding hydrogens is 242 g/mol. The Morgan fingerprint density at radius 2 is 2.11 bits per heavy atom. The fourth-order valence-electron chi connectivity index (χ4n) is 2.47. The molecule has 1 saturated heterocycles. The molecule has 2 heterocycles. The number of nitrogens with zero attached hydrogens (tertiary/aromatic N) is 3. The summed E-state index contributed by atoms with van der Waals surface area (Å²) in [5, 5.41) is 9.18. The summed E-state index contributed by atoms with van der Waals surface area (Å²) in [7, 11) is 0. The van der Waals surface area contributed by atoms with Crippen LogP contribution in [0.3, 0.4) is 0 Å². The summed E-state index contributed by atoms with van der Waals surface area (Å²) in [5.41, 5.74) is 1.94. The number of aryl methyl sites for hydroxylation is 1. The first-order valence-corrected chi connectivity index (χ1v) is 6.71. The first-order chi connectivity index (χ1) is 8.88. The second-order valence-electron chi connectivity index (χ2n) is 5.72. The van der Waals surface area contributed by atoms with Gasteiger partial charge in [-0.15, -0.1) is 0 Å². The minimum Gasteiger partial charge on any atom is -0.481 e. The van der Waals surface area contributed by atoms with Gasteiger partial charge >= 0.3 is 5.97 Å². The number of rotatable bonds is 3. The van der Waals surface area contributed by atoms with Crippen LogP contribution in [0.15, 0.2) is 6.07 Å². The number of carboxylic acids is 1. The highest BCUT2D eigenvalue weighted by Crippen LogP contribution is 2.27. The number of anilines is 1. The Hall–Kier alpha value is -1.65. The van der Waals surface area contributed by atoms with E-state index in [-0.39, 0.29) is 11.8 Å². The van der Waals surface area contributed by atoms with Crippen molar-refractivity contribution in [2.75, 3.05) is 18.0 Å². The Balaban J connectivity index is 2.26. The lowest BCUT2D eigenvalue weighted by molar-refractivity contribution is -0.142. The van der Waals surface area contributed by atoms with E-state index in [0.717, 1.165) is 11.4 Å². The van der Waals surface area contributed by atoms with E-state index in [1.807, 2.05) is 24.8 Å². The summed E-state index contributed by atoms with van der Waals surface area (Å²) in [6, 6.07) is 1.99. The van der Waals surface area contributed by atoms with Crippen molar-refractivity contribution in [3.63, 3.8) is 0 Å². The lowest BCUT2D eigenvalue weighted by Crippen LogP contribution is -2.25. The number of hydrogen-bond donors (Lipinski definition) is 1. The lowest BCUT2D eigenvalue weighted by atomic mass is 9.99. The molecule has 5 nitrogen and oxygen atoms in total. The van der Waals surface area contributed by atoms with Gasteiger partial charge < -0.3 is 10.0 Å². The second kappa shape index (κ2) is 5.15. The van der Waals surface area contributed by atoms with Gasteiger partial charge in [0.15, 0.2) is 0 Å². The molecule has 19 heavy (non-hydrogen) atoms. The first kappa shape index (κ1) is 13.8. The van der Waals surface area contributed by atoms with E-state index >= 15 is 0 Å². The average Bonchev–Trinajstić information content (AvgIpc) is 2.70. The van der Waals surface area contributed by atoms with Crippen LogP contribution in [0.2, 0.25) is 0 Å². The van der Waals surface area contributed by atoms with E-state index in [1.54, 1.807) is 0 Å². The topological polar surface area (TPSA) is 66.3 Å². The zero-order valence-electron chi connectivity index (χ0n) is 11.9. The fourth-order valence-corrected chi connectivity index (χ4v) is 2.47. The minimum absolute atomic E-state index is 0.129. The summed E-state index contributed by atoms with van der Waals surface area (Å²) >= 11 is 0. The van der Waals surface area contributed by atoms with Crippen molar-refractivity contribution in [1.29, 1.82) is 0 Å². The molecule has 0 spiro atoms. The van der Waals surface area contributed by atoms with Gasteiger partial charge in [-0.2, -0.15) is 0 Å². The predicted molar refractivity (Wildman–Crippen MR) is 73.4 cm³/mol. The highest BCUT2D eigenvalue weighted by molar-refractivity contribution is 5.72. The third-order valence-electron chi connectivity index (χ3n) is 3.67. The summed E-state index contributed by atoms with van der Waals surface area (Å²) < 4.78 is 0. The van der Waals surface area contributed by atoms with Gasteiger partial charge in [0.2, 0.25) is 5.95 Å². The molecule has 0 aliphatic carbocycles. The Morgan fingerprint density at radius 3 is 2.63 bits per heavy atom. The zero-order chi connectivity index (χ0) is 14.2. The molecule has 2 rings (SSSR count). The van der Waals surface area contributed by atoms with Gasteiger partial charge in [-0.1, -0.05) is 20.8 Å². The van der Waals surface area contributed by atoms with Crippen LogP contribution in [0.25, 0.3) is 0 Å². The van der Waals surface area contributed by atoms with E-state index in [4.69, 9.17) is 0 Å². The molecule has 104 valence electrons. The summed E-state index contributed by atoms with van der Waals surface area (Å²) in [4.78, 5) is 22.2. The van der Waals surface area contributed by atoms with E-state index in [9.17, 15) is 9.90 Å². The highest BCUT2D eigenvalue weighted by Gasteiger charge is 2.36. The largest absolute Gasteiger partial charge is 0.481 e. The van der Waals surface area contributed by atoms with Crippen LogP contribution in [-0.4, -0.2) is 34.1 Å². The number of carboxylic acid groups (broad SMARTS) is 1. The van der Waals surface area contributed by atoms with Crippen molar-refractivity contribution < 1.29 is 9.90 Å². The lowest BCUT2D eigenvalue weighted by Gasteiger charge is -2.18. The third kappa shape index (κ3) is 2.85. The fraction of sp³-hybridized carbons (Fsp3) is 0.643. The van der Waals surface area contributed by atoms with Crippen molar-refractivity contribution >= 4 is 11.9 Å². The predicted octanol–water partition coefficient (Wildman–Crippen LogP) is 2.07. The number of aliphatic carboxylic acids is 1. The molecule has 0 saturated carbocycles. The molecule has 0 aromatic carbocycles. The van der Waals surface area contributed by atoms with Gasteiger partial charge in [0.05, 0.1) is 5.92 Å². The highest BCUT2D eigenvalue weighted by atomic mass is 16.4. The van der Waals surface area contributed by atoms with Gasteiger partial charge in [-0.3, -0.25) is 4.79 Å². The normalized spacial score (nSPS) is 23.1. The number of carbonyl (C=O) groups is 1. The molecule has 0 bridgehead atoms. The van der Waals surface area contributed by atoms with Crippen LogP contribution in [-0.2, 0) is 4.79 Å². The first-order valence-electron chi connectivity index (χ1n) is 6.71. The Kier molecular flexibility index (Phi) is 3.73. The van der Waals surface area contributed by atoms with Crippen LogP contribution < -0.4 is 4.90 Å². The van der Waals surface area contributed by atoms with Crippen LogP contribution in [0.1, 0.15) is 38.1 Å². The smallest absolute Gasteiger partial charge is 0.308 e. The van der Waals surface area contributed by atoms with Crippen LogP contribution >= 0.6 is 0 Å². The van der Waals surface area contributed by atoms with E-state index in [0.29, 0.717) is 25.0 Å². The van der Waals surface area contributed by atoms with Crippen molar-refractivity contribution in [3.05, 3.63) is 17.5 Å². The average molecular weight is 263 g/mol. The van der Waals surface area contributed by atoms with Gasteiger partial charge in [-0.25, -0.2) is 9.97 Å². The van der Waals surface area contributed by atoms with Gasteiger partial charge in [-0.05, 0) is 24.8 Å². The molecule has 1 fully saturated rings. The van der Waals surface area contributed by atoms with Gasteiger partial charge in [0.25, 0.3) is 0 Å². The molecule has 2 atom stereocenters. The van der Waals surface area contributed by atoms with E-state index in [1.165, 1.54) is 0 Å². The van der Waals surface area contributed by atoms with Crippen molar-refractivity contribution in [3.8, 4) is 0 Å². The maximum Gasteiger partial charge on any atom is 0.308 e. The number of aromatic nitrogens is 2. The standard InChI is InChI=1S/C14H21N3O2/c1-8(2)12-5-10(4)15-14(16-12)17-6-9(3)11(7-17)13(18)19/h5,8-9,11H,6-7H2,1-4H3,(H,18,19). The maximum atomic E-state index is 11.2. The van der Waals surface area contributed by atoms with Crippen LogP contribution in [0, 0.1) is 18.8 Å². The van der Waals surface area contributed by atoms with Gasteiger partial charge in [0, 0.05) is 24.5 Å². The molecule has 1 aliphatic heterocycles. The molecule has 2 unspecified atom stereocenters.